The number of hydrogen-bond acceptors (Lipinski definition) is 3. The van der Waals surface area contributed by atoms with Crippen LogP contribution in [-0.2, 0) is 14.3 Å². The fourth-order valence-corrected chi connectivity index (χ4v) is 7.62. The number of carbonyl (C=O) groups excluding carboxylic acids is 1. The molecule has 0 radical (unpaired) electrons. The number of epoxide rings is 1. The molecule has 5 aliphatic rings. The van der Waals surface area contributed by atoms with Crippen LogP contribution in [0.15, 0.2) is 0 Å². The quantitative estimate of drug-likeness (QED) is 0.605. The van der Waals surface area contributed by atoms with Crippen molar-refractivity contribution in [2.75, 3.05) is 19.6 Å². The molecule has 5 rings (SSSR count). The SMILES string of the molecule is C[C@@H]1CCC[C@]2(C)C[C@H]3OC(=O)[C@@H](C[NH+]4CCCC(C)(C)C4)[C@H]3[C@@H]3O[C@@]132. The fraction of sp³-hybridized carbons (Fsp3) is 0.955. The minimum atomic E-state index is 0.0369. The molecule has 3 heterocycles. The number of nitrogens with one attached hydrogen (secondary N) is 1. The van der Waals surface area contributed by atoms with E-state index < -0.39 is 0 Å². The van der Waals surface area contributed by atoms with Gasteiger partial charge in [0.25, 0.3) is 0 Å². The van der Waals surface area contributed by atoms with E-state index in [4.69, 9.17) is 9.47 Å². The van der Waals surface area contributed by atoms with Crippen LogP contribution >= 0.6 is 0 Å². The van der Waals surface area contributed by atoms with Crippen LogP contribution in [0.3, 0.4) is 0 Å². The summed E-state index contributed by atoms with van der Waals surface area (Å²) in [7, 11) is 0. The van der Waals surface area contributed by atoms with Gasteiger partial charge in [-0.15, -0.1) is 0 Å². The molecular weight excluding hydrogens is 326 g/mol. The van der Waals surface area contributed by atoms with Crippen LogP contribution in [0.4, 0.5) is 0 Å². The molecule has 0 aromatic heterocycles. The Bertz CT molecular complexity index is 619. The maximum absolute atomic E-state index is 12.8. The maximum Gasteiger partial charge on any atom is 0.315 e. The Morgan fingerprint density at radius 2 is 2.00 bits per heavy atom. The fourth-order valence-electron chi connectivity index (χ4n) is 7.62. The molecule has 1 spiro atoms. The summed E-state index contributed by atoms with van der Waals surface area (Å²) in [5.74, 6) is 1.03. The summed E-state index contributed by atoms with van der Waals surface area (Å²) in [6.45, 7) is 12.9. The molecule has 2 aliphatic carbocycles. The largest absolute Gasteiger partial charge is 0.462 e. The van der Waals surface area contributed by atoms with E-state index in [2.05, 4.69) is 27.7 Å². The highest BCUT2D eigenvalue weighted by molar-refractivity contribution is 5.76. The number of quaternary nitrogens is 1. The lowest BCUT2D eigenvalue weighted by atomic mass is 9.53. The van der Waals surface area contributed by atoms with E-state index in [0.717, 1.165) is 13.0 Å². The van der Waals surface area contributed by atoms with Gasteiger partial charge >= 0.3 is 5.97 Å². The van der Waals surface area contributed by atoms with Crippen LogP contribution < -0.4 is 4.90 Å². The lowest BCUT2D eigenvalue weighted by Crippen LogP contribution is -3.15. The number of likely N-dealkylation sites (tertiary alicyclic amines) is 1. The first-order valence-corrected chi connectivity index (χ1v) is 11.0. The highest BCUT2D eigenvalue weighted by Gasteiger charge is 2.78. The van der Waals surface area contributed by atoms with Gasteiger partial charge in [-0.3, -0.25) is 4.79 Å². The van der Waals surface area contributed by atoms with Crippen LogP contribution in [-0.4, -0.2) is 43.4 Å². The molecule has 1 unspecified atom stereocenters. The van der Waals surface area contributed by atoms with Crippen molar-refractivity contribution in [1.82, 2.24) is 0 Å². The zero-order valence-electron chi connectivity index (χ0n) is 17.0. The first-order valence-electron chi connectivity index (χ1n) is 11.0. The summed E-state index contributed by atoms with van der Waals surface area (Å²) in [5, 5.41) is 0. The molecule has 2 saturated carbocycles. The van der Waals surface area contributed by atoms with Crippen molar-refractivity contribution in [1.29, 1.82) is 0 Å². The standard InChI is InChI=1S/C22H35NO3/c1-14-7-5-9-21(4)11-16-17(18-22(14,21)26-18)15(19(24)25-16)12-23-10-6-8-20(2,3)13-23/h14-18H,5-13H2,1-4H3/p+1/t14-,15+,16-,17-,18+,21-,22+/m1/s1. The molecule has 1 N–H and O–H groups in total. The molecule has 4 heteroatoms. The summed E-state index contributed by atoms with van der Waals surface area (Å²) in [6.07, 6.45) is 7.74. The van der Waals surface area contributed by atoms with Gasteiger partial charge in [-0.25, -0.2) is 0 Å². The predicted molar refractivity (Wildman–Crippen MR) is 98.8 cm³/mol. The number of fused-ring (bicyclic) bond motifs is 2. The van der Waals surface area contributed by atoms with E-state index in [1.54, 1.807) is 4.90 Å². The van der Waals surface area contributed by atoms with Crippen molar-refractivity contribution < 1.29 is 19.2 Å². The molecule has 5 fully saturated rings. The third-order valence-corrected chi connectivity index (χ3v) is 8.82. The van der Waals surface area contributed by atoms with E-state index in [0.29, 0.717) is 17.3 Å². The van der Waals surface area contributed by atoms with Crippen LogP contribution in [0.5, 0.6) is 0 Å². The van der Waals surface area contributed by atoms with Crippen molar-refractivity contribution in [2.45, 2.75) is 84.0 Å². The van der Waals surface area contributed by atoms with Crippen molar-refractivity contribution in [3.05, 3.63) is 0 Å². The van der Waals surface area contributed by atoms with Crippen LogP contribution in [0, 0.1) is 28.6 Å². The average molecular weight is 363 g/mol. The van der Waals surface area contributed by atoms with Crippen molar-refractivity contribution in [2.24, 2.45) is 28.6 Å². The van der Waals surface area contributed by atoms with Gasteiger partial charge in [-0.2, -0.15) is 0 Å². The molecule has 3 aliphatic heterocycles. The second kappa shape index (κ2) is 5.47. The monoisotopic (exact) mass is 362 g/mol. The average Bonchev–Trinajstić information content (AvgIpc) is 3.22. The number of piperidine rings is 1. The van der Waals surface area contributed by atoms with Gasteiger partial charge in [0.1, 0.15) is 17.6 Å². The summed E-state index contributed by atoms with van der Waals surface area (Å²) in [5.41, 5.74) is 0.636. The van der Waals surface area contributed by atoms with Crippen LogP contribution in [0.1, 0.15) is 66.2 Å². The molecule has 146 valence electrons. The normalized spacial score (nSPS) is 54.7. The Kier molecular flexibility index (Phi) is 3.68. The number of ether oxygens (including phenoxy) is 2. The lowest BCUT2D eigenvalue weighted by molar-refractivity contribution is -0.914. The Hall–Kier alpha value is -0.610. The maximum atomic E-state index is 12.8. The highest BCUT2D eigenvalue weighted by atomic mass is 16.6. The first-order chi connectivity index (χ1) is 12.3. The van der Waals surface area contributed by atoms with Gasteiger partial charge in [0.15, 0.2) is 0 Å². The molecule has 0 bridgehead atoms. The van der Waals surface area contributed by atoms with Gasteiger partial charge in [-0.1, -0.05) is 34.1 Å². The number of hydrogen-bond donors (Lipinski definition) is 1. The number of esters is 1. The Morgan fingerprint density at radius 1 is 1.19 bits per heavy atom. The topological polar surface area (TPSA) is 43.3 Å². The number of rotatable bonds is 2. The third kappa shape index (κ3) is 2.30. The second-order valence-electron chi connectivity index (χ2n) is 11.2. The minimum absolute atomic E-state index is 0.0369. The van der Waals surface area contributed by atoms with Gasteiger partial charge in [0.05, 0.1) is 25.7 Å². The second-order valence-corrected chi connectivity index (χ2v) is 11.2. The van der Waals surface area contributed by atoms with Crippen LogP contribution in [0.2, 0.25) is 0 Å². The Labute approximate surface area is 158 Å². The molecule has 8 atom stereocenters. The zero-order chi connectivity index (χ0) is 18.3. The van der Waals surface area contributed by atoms with E-state index in [1.807, 2.05) is 0 Å². The smallest absolute Gasteiger partial charge is 0.315 e. The van der Waals surface area contributed by atoms with E-state index in [-0.39, 0.29) is 35.1 Å². The highest BCUT2D eigenvalue weighted by Crippen LogP contribution is 2.70. The van der Waals surface area contributed by atoms with Crippen molar-refractivity contribution in [3.8, 4) is 0 Å². The lowest BCUT2D eigenvalue weighted by Gasteiger charge is -2.49. The molecule has 0 amide bonds. The first kappa shape index (κ1) is 17.5. The summed E-state index contributed by atoms with van der Waals surface area (Å²) >= 11 is 0. The Balaban J connectivity index is 1.38. The van der Waals surface area contributed by atoms with Crippen LogP contribution in [0.25, 0.3) is 0 Å². The van der Waals surface area contributed by atoms with E-state index in [9.17, 15) is 4.79 Å². The zero-order valence-corrected chi connectivity index (χ0v) is 17.0. The van der Waals surface area contributed by atoms with Gasteiger partial charge < -0.3 is 14.4 Å². The van der Waals surface area contributed by atoms with E-state index >= 15 is 0 Å². The van der Waals surface area contributed by atoms with E-state index in [1.165, 1.54) is 45.2 Å². The molecule has 3 saturated heterocycles. The summed E-state index contributed by atoms with van der Waals surface area (Å²) in [4.78, 5) is 14.4. The summed E-state index contributed by atoms with van der Waals surface area (Å²) < 4.78 is 12.5. The third-order valence-electron chi connectivity index (χ3n) is 8.82. The molecule has 0 aromatic rings. The molecule has 26 heavy (non-hydrogen) atoms. The van der Waals surface area contributed by atoms with Crippen molar-refractivity contribution in [3.63, 3.8) is 0 Å². The van der Waals surface area contributed by atoms with Gasteiger partial charge in [0.2, 0.25) is 0 Å². The minimum Gasteiger partial charge on any atom is -0.462 e. The Morgan fingerprint density at radius 3 is 2.77 bits per heavy atom. The molecular formula is C22H36NO3+. The molecule has 0 aromatic carbocycles. The van der Waals surface area contributed by atoms with Crippen molar-refractivity contribution >= 4 is 5.97 Å². The van der Waals surface area contributed by atoms with Gasteiger partial charge in [-0.05, 0) is 38.0 Å². The van der Waals surface area contributed by atoms with Gasteiger partial charge in [0, 0.05) is 16.7 Å². The molecule has 4 nitrogen and oxygen atoms in total. The number of carbonyl (C=O) groups is 1. The predicted octanol–water partition coefficient (Wildman–Crippen LogP) is 2.22. The summed E-state index contributed by atoms with van der Waals surface area (Å²) in [6, 6.07) is 0.